The summed E-state index contributed by atoms with van der Waals surface area (Å²) in [6.45, 7) is 3.12. The average molecular weight is 273 g/mol. The van der Waals surface area contributed by atoms with Crippen molar-refractivity contribution in [2.45, 2.75) is 6.92 Å². The molecular weight excluding hydrogens is 254 g/mol. The molecule has 0 unspecified atom stereocenters. The van der Waals surface area contributed by atoms with Crippen molar-refractivity contribution in [2.24, 2.45) is 0 Å². The van der Waals surface area contributed by atoms with Crippen LogP contribution in [0.3, 0.4) is 0 Å². The maximum Gasteiger partial charge on any atom is 0.149 e. The molecule has 20 heavy (non-hydrogen) atoms. The van der Waals surface area contributed by atoms with Gasteiger partial charge in [0.25, 0.3) is 0 Å². The van der Waals surface area contributed by atoms with E-state index >= 15 is 0 Å². The van der Waals surface area contributed by atoms with Gasteiger partial charge >= 0.3 is 0 Å². The number of nitrogens with two attached hydrogens (primary N) is 1. The SMILES string of the molecule is COc1ccc(OCCNc2nccc(C)c2N)cc1. The van der Waals surface area contributed by atoms with Gasteiger partial charge in [-0.1, -0.05) is 0 Å². The average Bonchev–Trinajstić information content (AvgIpc) is 2.48. The summed E-state index contributed by atoms with van der Waals surface area (Å²) in [5.41, 5.74) is 7.62. The van der Waals surface area contributed by atoms with Crippen molar-refractivity contribution in [2.75, 3.05) is 31.3 Å². The van der Waals surface area contributed by atoms with E-state index < -0.39 is 0 Å². The number of aromatic nitrogens is 1. The first-order chi connectivity index (χ1) is 9.70. The molecule has 3 N–H and O–H groups in total. The van der Waals surface area contributed by atoms with Crippen molar-refractivity contribution < 1.29 is 9.47 Å². The highest BCUT2D eigenvalue weighted by Gasteiger charge is 2.02. The number of methoxy groups -OCH3 is 1. The molecule has 0 aliphatic rings. The van der Waals surface area contributed by atoms with E-state index in [0.29, 0.717) is 24.7 Å². The number of aryl methyl sites for hydroxylation is 1. The van der Waals surface area contributed by atoms with Crippen LogP contribution in [-0.2, 0) is 0 Å². The molecule has 0 fully saturated rings. The lowest BCUT2D eigenvalue weighted by molar-refractivity contribution is 0.331. The Morgan fingerprint density at radius 1 is 1.15 bits per heavy atom. The minimum atomic E-state index is 0.529. The number of hydrogen-bond acceptors (Lipinski definition) is 5. The van der Waals surface area contributed by atoms with E-state index in [1.54, 1.807) is 13.3 Å². The molecule has 0 aliphatic heterocycles. The summed E-state index contributed by atoms with van der Waals surface area (Å²) < 4.78 is 10.7. The standard InChI is InChI=1S/C15H19N3O2/c1-11-7-8-17-15(14(11)16)18-9-10-20-13-5-3-12(19-2)4-6-13/h3-8H,9-10,16H2,1-2H3,(H,17,18). The predicted molar refractivity (Wildman–Crippen MR) is 80.4 cm³/mol. The maximum absolute atomic E-state index is 5.93. The van der Waals surface area contributed by atoms with E-state index in [2.05, 4.69) is 10.3 Å². The fourth-order valence-electron chi connectivity index (χ4n) is 1.72. The third-order valence-corrected chi connectivity index (χ3v) is 2.93. The van der Waals surface area contributed by atoms with E-state index in [0.717, 1.165) is 17.1 Å². The van der Waals surface area contributed by atoms with Crippen LogP contribution in [0.1, 0.15) is 5.56 Å². The van der Waals surface area contributed by atoms with Crippen LogP contribution in [0.15, 0.2) is 36.5 Å². The molecule has 2 aromatic rings. The number of hydrogen-bond donors (Lipinski definition) is 2. The van der Waals surface area contributed by atoms with Crippen molar-refractivity contribution in [3.8, 4) is 11.5 Å². The quantitative estimate of drug-likeness (QED) is 0.791. The lowest BCUT2D eigenvalue weighted by Crippen LogP contribution is -2.13. The Morgan fingerprint density at radius 3 is 2.55 bits per heavy atom. The Bertz CT molecular complexity index is 556. The summed E-state index contributed by atoms with van der Waals surface area (Å²) in [4.78, 5) is 4.20. The summed E-state index contributed by atoms with van der Waals surface area (Å²) in [5, 5.41) is 3.16. The van der Waals surface area contributed by atoms with Gasteiger partial charge in [-0.3, -0.25) is 0 Å². The normalized spacial score (nSPS) is 10.1. The largest absolute Gasteiger partial charge is 0.497 e. The van der Waals surface area contributed by atoms with Gasteiger partial charge in [0.05, 0.1) is 19.3 Å². The van der Waals surface area contributed by atoms with Gasteiger partial charge in [0.1, 0.15) is 23.9 Å². The van der Waals surface area contributed by atoms with Gasteiger partial charge < -0.3 is 20.5 Å². The van der Waals surface area contributed by atoms with Crippen molar-refractivity contribution >= 4 is 11.5 Å². The van der Waals surface area contributed by atoms with Crippen LogP contribution >= 0.6 is 0 Å². The Hall–Kier alpha value is -2.43. The lowest BCUT2D eigenvalue weighted by Gasteiger charge is -2.11. The lowest BCUT2D eigenvalue weighted by atomic mass is 10.2. The van der Waals surface area contributed by atoms with Gasteiger partial charge in [-0.25, -0.2) is 4.98 Å². The minimum Gasteiger partial charge on any atom is -0.497 e. The van der Waals surface area contributed by atoms with Gasteiger partial charge in [-0.05, 0) is 42.8 Å². The Kier molecular flexibility index (Phi) is 4.65. The zero-order chi connectivity index (χ0) is 14.4. The second-order valence-electron chi connectivity index (χ2n) is 4.34. The van der Waals surface area contributed by atoms with Crippen molar-refractivity contribution in [3.63, 3.8) is 0 Å². The summed E-state index contributed by atoms with van der Waals surface area (Å²) in [7, 11) is 1.64. The van der Waals surface area contributed by atoms with Gasteiger partial charge in [0.2, 0.25) is 0 Å². The van der Waals surface area contributed by atoms with Gasteiger partial charge in [0.15, 0.2) is 0 Å². The molecule has 0 atom stereocenters. The molecule has 2 rings (SSSR count). The van der Waals surface area contributed by atoms with Crippen molar-refractivity contribution in [1.82, 2.24) is 4.98 Å². The molecule has 0 bridgehead atoms. The highest BCUT2D eigenvalue weighted by molar-refractivity contribution is 5.64. The van der Waals surface area contributed by atoms with E-state index in [1.807, 2.05) is 37.3 Å². The smallest absolute Gasteiger partial charge is 0.149 e. The van der Waals surface area contributed by atoms with Crippen LogP contribution in [0.4, 0.5) is 11.5 Å². The maximum atomic E-state index is 5.93. The third-order valence-electron chi connectivity index (χ3n) is 2.93. The highest BCUT2D eigenvalue weighted by Crippen LogP contribution is 2.19. The minimum absolute atomic E-state index is 0.529. The molecule has 0 aliphatic carbocycles. The number of benzene rings is 1. The Balaban J connectivity index is 1.80. The molecule has 0 spiro atoms. The summed E-state index contributed by atoms with van der Waals surface area (Å²) in [6, 6.07) is 9.36. The Morgan fingerprint density at radius 2 is 1.85 bits per heavy atom. The number of rotatable bonds is 6. The number of nitrogens with zero attached hydrogens (tertiary/aromatic N) is 1. The van der Waals surface area contributed by atoms with Crippen LogP contribution < -0.4 is 20.5 Å². The number of anilines is 2. The van der Waals surface area contributed by atoms with Gasteiger partial charge in [-0.2, -0.15) is 0 Å². The predicted octanol–water partition coefficient (Wildman–Crippen LogP) is 2.47. The van der Waals surface area contributed by atoms with E-state index in [9.17, 15) is 0 Å². The van der Waals surface area contributed by atoms with Crippen molar-refractivity contribution in [3.05, 3.63) is 42.1 Å². The summed E-state index contributed by atoms with van der Waals surface area (Å²) in [6.07, 6.45) is 1.73. The molecule has 0 saturated heterocycles. The molecule has 0 amide bonds. The van der Waals surface area contributed by atoms with Crippen LogP contribution in [0.2, 0.25) is 0 Å². The molecule has 1 heterocycles. The highest BCUT2D eigenvalue weighted by atomic mass is 16.5. The van der Waals surface area contributed by atoms with Crippen LogP contribution in [-0.4, -0.2) is 25.2 Å². The fraction of sp³-hybridized carbons (Fsp3) is 0.267. The van der Waals surface area contributed by atoms with Crippen LogP contribution in [0.25, 0.3) is 0 Å². The van der Waals surface area contributed by atoms with Gasteiger partial charge in [-0.15, -0.1) is 0 Å². The van der Waals surface area contributed by atoms with Crippen LogP contribution in [0, 0.1) is 6.92 Å². The number of nitrogen functional groups attached to an aromatic ring is 1. The summed E-state index contributed by atoms with van der Waals surface area (Å²) in [5.74, 6) is 2.31. The molecular formula is C15H19N3O2. The first-order valence-electron chi connectivity index (χ1n) is 6.42. The van der Waals surface area contributed by atoms with Crippen LogP contribution in [0.5, 0.6) is 11.5 Å². The third kappa shape index (κ3) is 3.54. The number of ether oxygens (including phenoxy) is 2. The molecule has 5 nitrogen and oxygen atoms in total. The first-order valence-corrected chi connectivity index (χ1v) is 6.42. The molecule has 5 heteroatoms. The second kappa shape index (κ2) is 6.65. The Labute approximate surface area is 118 Å². The topological polar surface area (TPSA) is 69.4 Å². The first kappa shape index (κ1) is 14.0. The summed E-state index contributed by atoms with van der Waals surface area (Å²) >= 11 is 0. The zero-order valence-corrected chi connectivity index (χ0v) is 11.7. The number of pyridine rings is 1. The molecule has 0 saturated carbocycles. The monoisotopic (exact) mass is 273 g/mol. The van der Waals surface area contributed by atoms with Gasteiger partial charge in [0, 0.05) is 6.20 Å². The van der Waals surface area contributed by atoms with E-state index in [1.165, 1.54) is 0 Å². The molecule has 106 valence electrons. The van der Waals surface area contributed by atoms with Crippen molar-refractivity contribution in [1.29, 1.82) is 0 Å². The number of nitrogens with one attached hydrogen (secondary N) is 1. The molecule has 0 radical (unpaired) electrons. The molecule has 1 aromatic carbocycles. The zero-order valence-electron chi connectivity index (χ0n) is 11.7. The van der Waals surface area contributed by atoms with E-state index in [-0.39, 0.29) is 0 Å². The van der Waals surface area contributed by atoms with E-state index in [4.69, 9.17) is 15.2 Å². The fourth-order valence-corrected chi connectivity index (χ4v) is 1.72. The second-order valence-corrected chi connectivity index (χ2v) is 4.34. The molecule has 1 aromatic heterocycles.